The summed E-state index contributed by atoms with van der Waals surface area (Å²) >= 11 is 0. The van der Waals surface area contributed by atoms with Crippen LogP contribution in [0.4, 0.5) is 11.4 Å². The van der Waals surface area contributed by atoms with Crippen LogP contribution in [0.5, 0.6) is 0 Å². The van der Waals surface area contributed by atoms with Gasteiger partial charge in [0.25, 0.3) is 0 Å². The first kappa shape index (κ1) is 19.1. The molecule has 1 aliphatic carbocycles. The van der Waals surface area contributed by atoms with Crippen LogP contribution in [-0.2, 0) is 0 Å². The molecular weight excluding hydrogens is 386 g/mol. The predicted molar refractivity (Wildman–Crippen MR) is 135 cm³/mol. The van der Waals surface area contributed by atoms with E-state index in [1.165, 1.54) is 58.5 Å². The summed E-state index contributed by atoms with van der Waals surface area (Å²) < 4.78 is 0. The summed E-state index contributed by atoms with van der Waals surface area (Å²) in [5, 5.41) is 0. The Bertz CT molecular complexity index is 1200. The van der Waals surface area contributed by atoms with Crippen LogP contribution in [0, 0.1) is 0 Å². The quantitative estimate of drug-likeness (QED) is 0.306. The molecule has 0 bridgehead atoms. The van der Waals surface area contributed by atoms with E-state index in [1.807, 2.05) is 0 Å². The number of hydrogen-bond donors (Lipinski definition) is 0. The summed E-state index contributed by atoms with van der Waals surface area (Å²) in [7, 11) is 0. The van der Waals surface area contributed by atoms with Crippen molar-refractivity contribution in [1.82, 2.24) is 0 Å². The van der Waals surface area contributed by atoms with E-state index in [9.17, 15) is 0 Å². The molecule has 1 aliphatic heterocycles. The van der Waals surface area contributed by atoms with E-state index >= 15 is 0 Å². The van der Waals surface area contributed by atoms with Crippen LogP contribution in [0.25, 0.3) is 11.6 Å². The van der Waals surface area contributed by atoms with Crippen molar-refractivity contribution in [3.63, 3.8) is 0 Å². The Morgan fingerprint density at radius 1 is 0.688 bits per heavy atom. The number of nitrogens with zero attached hydrogens (tertiary/aromatic N) is 1. The summed E-state index contributed by atoms with van der Waals surface area (Å²) in [6, 6.07) is 40.1. The fraction of sp³-hybridized carbons (Fsp3) is 0.161. The largest absolute Gasteiger partial charge is 0.337 e. The van der Waals surface area contributed by atoms with Crippen molar-refractivity contribution >= 4 is 23.0 Å². The van der Waals surface area contributed by atoms with Crippen molar-refractivity contribution in [3.05, 3.63) is 131 Å². The highest BCUT2D eigenvalue weighted by atomic mass is 15.2. The van der Waals surface area contributed by atoms with Crippen LogP contribution < -0.4 is 4.90 Å². The number of rotatable bonds is 4. The maximum atomic E-state index is 2.61. The van der Waals surface area contributed by atoms with Gasteiger partial charge in [0.05, 0.1) is 0 Å². The standard InChI is InChI=1S/C31H27N/c1-4-11-24(12-5-1)29(25-13-6-2-7-14-25)21-23-19-20-28-27-17-10-18-30(27)32(31(28)22-23)26-15-8-3-9-16-26/h1-9,11-16,19-22,27,30H,10,17-18H2. The molecule has 0 amide bonds. The summed E-state index contributed by atoms with van der Waals surface area (Å²) in [6.07, 6.45) is 6.25. The van der Waals surface area contributed by atoms with Gasteiger partial charge in [0.1, 0.15) is 0 Å². The number of fused-ring (bicyclic) bond motifs is 3. The maximum absolute atomic E-state index is 2.61. The molecule has 2 unspecified atom stereocenters. The van der Waals surface area contributed by atoms with Gasteiger partial charge >= 0.3 is 0 Å². The molecule has 1 heterocycles. The van der Waals surface area contributed by atoms with Gasteiger partial charge in [0, 0.05) is 23.3 Å². The zero-order valence-corrected chi connectivity index (χ0v) is 18.2. The minimum Gasteiger partial charge on any atom is -0.337 e. The molecule has 32 heavy (non-hydrogen) atoms. The van der Waals surface area contributed by atoms with Gasteiger partial charge in [-0.3, -0.25) is 0 Å². The molecule has 0 saturated heterocycles. The first-order valence-electron chi connectivity index (χ1n) is 11.7. The second-order valence-corrected chi connectivity index (χ2v) is 8.92. The maximum Gasteiger partial charge on any atom is 0.0455 e. The van der Waals surface area contributed by atoms with Crippen molar-refractivity contribution in [1.29, 1.82) is 0 Å². The minimum absolute atomic E-state index is 0.592. The molecule has 2 aliphatic rings. The van der Waals surface area contributed by atoms with Gasteiger partial charge in [-0.1, -0.05) is 97.4 Å². The smallest absolute Gasteiger partial charge is 0.0455 e. The molecule has 0 radical (unpaired) electrons. The topological polar surface area (TPSA) is 3.24 Å². The second kappa shape index (κ2) is 8.16. The number of anilines is 2. The fourth-order valence-electron chi connectivity index (χ4n) is 5.62. The van der Waals surface area contributed by atoms with Crippen LogP contribution in [0.2, 0.25) is 0 Å². The lowest BCUT2D eigenvalue weighted by atomic mass is 9.93. The van der Waals surface area contributed by atoms with Crippen LogP contribution in [0.1, 0.15) is 47.4 Å². The lowest BCUT2D eigenvalue weighted by molar-refractivity contribution is 0.642. The van der Waals surface area contributed by atoms with E-state index < -0.39 is 0 Å². The molecule has 2 atom stereocenters. The van der Waals surface area contributed by atoms with E-state index in [2.05, 4.69) is 120 Å². The molecule has 156 valence electrons. The molecule has 4 aromatic carbocycles. The molecule has 1 heteroatoms. The van der Waals surface area contributed by atoms with E-state index in [0.29, 0.717) is 12.0 Å². The highest BCUT2D eigenvalue weighted by Crippen LogP contribution is 2.52. The van der Waals surface area contributed by atoms with E-state index in [-0.39, 0.29) is 0 Å². The van der Waals surface area contributed by atoms with Gasteiger partial charge in [0.2, 0.25) is 0 Å². The molecule has 0 N–H and O–H groups in total. The SMILES string of the molecule is C(=C(c1ccccc1)c1ccccc1)c1ccc2c(c1)N(c1ccccc1)C1CCCC21. The highest BCUT2D eigenvalue weighted by molar-refractivity contribution is 5.92. The highest BCUT2D eigenvalue weighted by Gasteiger charge is 2.41. The monoisotopic (exact) mass is 413 g/mol. The fourth-order valence-corrected chi connectivity index (χ4v) is 5.62. The second-order valence-electron chi connectivity index (χ2n) is 8.92. The zero-order valence-electron chi connectivity index (χ0n) is 18.2. The molecule has 1 fully saturated rings. The van der Waals surface area contributed by atoms with Crippen LogP contribution >= 0.6 is 0 Å². The summed E-state index contributed by atoms with van der Waals surface area (Å²) in [5.74, 6) is 0.658. The third-order valence-electron chi connectivity index (χ3n) is 7.04. The normalized spacial score (nSPS) is 18.8. The average molecular weight is 414 g/mol. The first-order chi connectivity index (χ1) is 15.9. The van der Waals surface area contributed by atoms with Gasteiger partial charge in [-0.2, -0.15) is 0 Å². The third kappa shape index (κ3) is 3.35. The lowest BCUT2D eigenvalue weighted by Crippen LogP contribution is -2.26. The average Bonchev–Trinajstić information content (AvgIpc) is 3.45. The summed E-state index contributed by atoms with van der Waals surface area (Å²) in [5.41, 5.74) is 9.24. The molecule has 0 aromatic heterocycles. The van der Waals surface area contributed by atoms with E-state index in [4.69, 9.17) is 0 Å². The Balaban J connectivity index is 1.48. The number of para-hydroxylation sites is 1. The van der Waals surface area contributed by atoms with Crippen LogP contribution in [0.15, 0.2) is 109 Å². The first-order valence-corrected chi connectivity index (χ1v) is 11.7. The number of benzene rings is 4. The molecule has 1 saturated carbocycles. The molecule has 6 rings (SSSR count). The predicted octanol–water partition coefficient (Wildman–Crippen LogP) is 8.06. The van der Waals surface area contributed by atoms with Gasteiger partial charge in [-0.15, -0.1) is 0 Å². The van der Waals surface area contributed by atoms with Crippen molar-refractivity contribution in [3.8, 4) is 0 Å². The lowest BCUT2D eigenvalue weighted by Gasteiger charge is -2.27. The Hall–Kier alpha value is -3.58. The van der Waals surface area contributed by atoms with Crippen molar-refractivity contribution in [2.45, 2.75) is 31.2 Å². The van der Waals surface area contributed by atoms with Gasteiger partial charge in [-0.05, 0) is 64.9 Å². The molecule has 0 spiro atoms. The van der Waals surface area contributed by atoms with Crippen molar-refractivity contribution in [2.24, 2.45) is 0 Å². The Morgan fingerprint density at radius 2 is 1.31 bits per heavy atom. The molecule has 1 nitrogen and oxygen atoms in total. The van der Waals surface area contributed by atoms with E-state index in [0.717, 1.165) is 0 Å². The summed E-state index contributed by atoms with van der Waals surface area (Å²) in [4.78, 5) is 2.61. The van der Waals surface area contributed by atoms with E-state index in [1.54, 1.807) is 0 Å². The molecular formula is C31H27N. The molecule has 4 aromatic rings. The summed E-state index contributed by atoms with van der Waals surface area (Å²) in [6.45, 7) is 0. The van der Waals surface area contributed by atoms with Crippen LogP contribution in [-0.4, -0.2) is 6.04 Å². The van der Waals surface area contributed by atoms with Crippen molar-refractivity contribution in [2.75, 3.05) is 4.90 Å². The minimum atomic E-state index is 0.592. The Labute approximate surface area is 190 Å². The number of hydrogen-bond acceptors (Lipinski definition) is 1. The van der Waals surface area contributed by atoms with Gasteiger partial charge in [-0.25, -0.2) is 0 Å². The third-order valence-corrected chi connectivity index (χ3v) is 7.04. The van der Waals surface area contributed by atoms with Gasteiger partial charge in [0.15, 0.2) is 0 Å². The Kier molecular flexibility index (Phi) is 4.88. The van der Waals surface area contributed by atoms with Gasteiger partial charge < -0.3 is 4.90 Å². The van der Waals surface area contributed by atoms with Crippen molar-refractivity contribution < 1.29 is 0 Å². The Morgan fingerprint density at radius 3 is 1.97 bits per heavy atom. The zero-order chi connectivity index (χ0) is 21.3. The van der Waals surface area contributed by atoms with Crippen LogP contribution in [0.3, 0.4) is 0 Å².